The summed E-state index contributed by atoms with van der Waals surface area (Å²) in [5.41, 5.74) is 2.53. The quantitative estimate of drug-likeness (QED) is 0.862. The molecule has 3 nitrogen and oxygen atoms in total. The number of hydrogen-bond donors (Lipinski definition) is 1. The summed E-state index contributed by atoms with van der Waals surface area (Å²) in [5, 5.41) is 3.26. The van der Waals surface area contributed by atoms with Gasteiger partial charge in [0.1, 0.15) is 5.78 Å². The van der Waals surface area contributed by atoms with E-state index >= 15 is 0 Å². The number of benzene rings is 1. The highest BCUT2D eigenvalue weighted by atomic mass is 16.5. The fourth-order valence-electron chi connectivity index (χ4n) is 2.47. The van der Waals surface area contributed by atoms with E-state index in [-0.39, 0.29) is 11.9 Å². The first-order valence-corrected chi connectivity index (χ1v) is 6.77. The van der Waals surface area contributed by atoms with E-state index in [0.29, 0.717) is 19.0 Å². The van der Waals surface area contributed by atoms with E-state index in [0.717, 1.165) is 13.0 Å². The number of carbonyl (C=O) groups excluding carboxylic acids is 1. The van der Waals surface area contributed by atoms with Gasteiger partial charge in [0.15, 0.2) is 0 Å². The molecular formula is C15H19NO2. The molecule has 1 N–H and O–H groups in total. The van der Waals surface area contributed by atoms with Gasteiger partial charge in [0.05, 0.1) is 19.3 Å². The third kappa shape index (κ3) is 2.79. The van der Waals surface area contributed by atoms with E-state index in [1.54, 1.807) is 0 Å². The second-order valence-corrected chi connectivity index (χ2v) is 5.21. The SMILES string of the molecule is O=C(CNC1CC1)CC1OCCc2ccccc21. The van der Waals surface area contributed by atoms with E-state index in [4.69, 9.17) is 4.74 Å². The van der Waals surface area contributed by atoms with E-state index in [1.165, 1.54) is 24.0 Å². The summed E-state index contributed by atoms with van der Waals surface area (Å²) in [5.74, 6) is 0.253. The Kier molecular flexibility index (Phi) is 3.43. The molecule has 18 heavy (non-hydrogen) atoms. The molecule has 96 valence electrons. The van der Waals surface area contributed by atoms with E-state index < -0.39 is 0 Å². The van der Waals surface area contributed by atoms with Crippen LogP contribution in [0, 0.1) is 0 Å². The third-order valence-corrected chi connectivity index (χ3v) is 3.67. The highest BCUT2D eigenvalue weighted by Gasteiger charge is 2.25. The van der Waals surface area contributed by atoms with Crippen molar-refractivity contribution < 1.29 is 9.53 Å². The first-order valence-electron chi connectivity index (χ1n) is 6.77. The third-order valence-electron chi connectivity index (χ3n) is 3.67. The summed E-state index contributed by atoms with van der Waals surface area (Å²) in [6.45, 7) is 1.22. The van der Waals surface area contributed by atoms with Crippen LogP contribution in [-0.2, 0) is 16.0 Å². The number of ketones is 1. The number of rotatable bonds is 5. The van der Waals surface area contributed by atoms with Crippen LogP contribution in [-0.4, -0.2) is 25.0 Å². The summed E-state index contributed by atoms with van der Waals surface area (Å²) >= 11 is 0. The number of carbonyl (C=O) groups is 1. The zero-order valence-corrected chi connectivity index (χ0v) is 10.5. The summed E-state index contributed by atoms with van der Waals surface area (Å²) < 4.78 is 5.75. The number of fused-ring (bicyclic) bond motifs is 1. The number of ether oxygens (including phenoxy) is 1. The van der Waals surface area contributed by atoms with Gasteiger partial charge in [-0.3, -0.25) is 4.79 Å². The minimum Gasteiger partial charge on any atom is -0.373 e. The number of hydrogen-bond acceptors (Lipinski definition) is 3. The van der Waals surface area contributed by atoms with Crippen molar-refractivity contribution in [2.24, 2.45) is 0 Å². The molecular weight excluding hydrogens is 226 g/mol. The van der Waals surface area contributed by atoms with Gasteiger partial charge in [0.25, 0.3) is 0 Å². The molecule has 1 aliphatic heterocycles. The van der Waals surface area contributed by atoms with Gasteiger partial charge in [-0.25, -0.2) is 0 Å². The van der Waals surface area contributed by atoms with Crippen LogP contribution in [0.15, 0.2) is 24.3 Å². The van der Waals surface area contributed by atoms with Crippen LogP contribution >= 0.6 is 0 Å². The Hall–Kier alpha value is -1.19. The Morgan fingerprint density at radius 3 is 3.00 bits per heavy atom. The molecule has 1 aromatic carbocycles. The Balaban J connectivity index is 1.60. The van der Waals surface area contributed by atoms with Crippen LogP contribution in [0.5, 0.6) is 0 Å². The second-order valence-electron chi connectivity index (χ2n) is 5.21. The molecule has 1 aliphatic carbocycles. The summed E-state index contributed by atoms with van der Waals surface area (Å²) in [4.78, 5) is 11.9. The smallest absolute Gasteiger partial charge is 0.149 e. The lowest BCUT2D eigenvalue weighted by Crippen LogP contribution is -2.27. The fraction of sp³-hybridized carbons (Fsp3) is 0.533. The zero-order chi connectivity index (χ0) is 12.4. The molecule has 0 aromatic heterocycles. The van der Waals surface area contributed by atoms with Crippen molar-refractivity contribution in [1.82, 2.24) is 5.32 Å². The van der Waals surface area contributed by atoms with Gasteiger partial charge in [0.2, 0.25) is 0 Å². The van der Waals surface area contributed by atoms with Crippen LogP contribution < -0.4 is 5.32 Å². The van der Waals surface area contributed by atoms with Crippen molar-refractivity contribution in [1.29, 1.82) is 0 Å². The van der Waals surface area contributed by atoms with E-state index in [2.05, 4.69) is 23.5 Å². The fourth-order valence-corrected chi connectivity index (χ4v) is 2.47. The first-order chi connectivity index (χ1) is 8.83. The molecule has 0 amide bonds. The highest BCUT2D eigenvalue weighted by molar-refractivity contribution is 5.81. The molecule has 0 bridgehead atoms. The average molecular weight is 245 g/mol. The zero-order valence-electron chi connectivity index (χ0n) is 10.5. The summed E-state index contributed by atoms with van der Waals surface area (Å²) in [7, 11) is 0. The Bertz CT molecular complexity index is 440. The van der Waals surface area contributed by atoms with Crippen LogP contribution in [0.2, 0.25) is 0 Å². The van der Waals surface area contributed by atoms with Crippen LogP contribution in [0.25, 0.3) is 0 Å². The highest BCUT2D eigenvalue weighted by Crippen LogP contribution is 2.29. The molecule has 3 heteroatoms. The van der Waals surface area contributed by atoms with Gasteiger partial charge in [-0.05, 0) is 30.4 Å². The van der Waals surface area contributed by atoms with Crippen molar-refractivity contribution in [3.05, 3.63) is 35.4 Å². The van der Waals surface area contributed by atoms with Crippen LogP contribution in [0.3, 0.4) is 0 Å². The monoisotopic (exact) mass is 245 g/mol. The van der Waals surface area contributed by atoms with Crippen molar-refractivity contribution in [2.45, 2.75) is 37.8 Å². The molecule has 1 unspecified atom stereocenters. The normalized spacial score (nSPS) is 22.6. The minimum absolute atomic E-state index is 0.0385. The topological polar surface area (TPSA) is 38.3 Å². The second kappa shape index (κ2) is 5.21. The molecule has 1 fully saturated rings. The molecule has 1 aromatic rings. The predicted octanol–water partition coefficient (Wildman–Crippen LogP) is 2.01. The van der Waals surface area contributed by atoms with Gasteiger partial charge in [-0.1, -0.05) is 24.3 Å². The molecule has 1 heterocycles. The van der Waals surface area contributed by atoms with Crippen molar-refractivity contribution in [2.75, 3.05) is 13.2 Å². The van der Waals surface area contributed by atoms with E-state index in [1.807, 2.05) is 6.07 Å². The predicted molar refractivity (Wildman–Crippen MR) is 69.5 cm³/mol. The maximum atomic E-state index is 11.9. The van der Waals surface area contributed by atoms with Gasteiger partial charge in [0, 0.05) is 12.5 Å². The van der Waals surface area contributed by atoms with Crippen molar-refractivity contribution in [3.8, 4) is 0 Å². The number of nitrogens with one attached hydrogen (secondary N) is 1. The summed E-state index contributed by atoms with van der Waals surface area (Å²) in [6.07, 6.45) is 3.85. The molecule has 0 saturated heterocycles. The van der Waals surface area contributed by atoms with Gasteiger partial charge < -0.3 is 10.1 Å². The molecule has 0 spiro atoms. The van der Waals surface area contributed by atoms with Crippen LogP contribution in [0.1, 0.15) is 36.5 Å². The molecule has 0 radical (unpaired) electrons. The maximum absolute atomic E-state index is 11.9. The largest absolute Gasteiger partial charge is 0.373 e. The van der Waals surface area contributed by atoms with Gasteiger partial charge in [-0.15, -0.1) is 0 Å². The lowest BCUT2D eigenvalue weighted by Gasteiger charge is -2.25. The first kappa shape index (κ1) is 11.9. The lowest BCUT2D eigenvalue weighted by atomic mass is 9.94. The Morgan fingerprint density at radius 1 is 1.33 bits per heavy atom. The number of Topliss-reactive ketones (excluding diaryl/α,β-unsaturated/α-hetero) is 1. The average Bonchev–Trinajstić information content (AvgIpc) is 3.21. The molecule has 2 aliphatic rings. The van der Waals surface area contributed by atoms with Crippen molar-refractivity contribution >= 4 is 5.78 Å². The Morgan fingerprint density at radius 2 is 2.17 bits per heavy atom. The molecule has 3 rings (SSSR count). The molecule has 1 saturated carbocycles. The van der Waals surface area contributed by atoms with Gasteiger partial charge in [-0.2, -0.15) is 0 Å². The van der Waals surface area contributed by atoms with Gasteiger partial charge >= 0.3 is 0 Å². The lowest BCUT2D eigenvalue weighted by molar-refractivity contribution is -0.121. The van der Waals surface area contributed by atoms with Crippen LogP contribution in [0.4, 0.5) is 0 Å². The van der Waals surface area contributed by atoms with E-state index in [9.17, 15) is 4.79 Å². The minimum atomic E-state index is -0.0385. The standard InChI is InChI=1S/C15H19NO2/c17-13(10-16-12-5-6-12)9-15-14-4-2-1-3-11(14)7-8-18-15/h1-4,12,15-16H,5-10H2. The summed E-state index contributed by atoms with van der Waals surface area (Å²) in [6, 6.07) is 8.89. The maximum Gasteiger partial charge on any atom is 0.149 e. The Labute approximate surface area is 108 Å². The van der Waals surface area contributed by atoms with Crippen molar-refractivity contribution in [3.63, 3.8) is 0 Å². The molecule has 1 atom stereocenters.